The second-order valence-electron chi connectivity index (χ2n) is 6.38. The summed E-state index contributed by atoms with van der Waals surface area (Å²) in [6, 6.07) is 15.0. The second kappa shape index (κ2) is 8.42. The van der Waals surface area contributed by atoms with Gasteiger partial charge in [-0.2, -0.15) is 0 Å². The first kappa shape index (κ1) is 18.6. The lowest BCUT2D eigenvalue weighted by Gasteiger charge is -2.26. The van der Waals surface area contributed by atoms with E-state index in [4.69, 9.17) is 9.47 Å². The number of hydrogen-bond acceptors (Lipinski definition) is 3. The summed E-state index contributed by atoms with van der Waals surface area (Å²) in [5.41, 5.74) is 1.67. The number of anilines is 1. The van der Waals surface area contributed by atoms with Crippen molar-refractivity contribution in [2.24, 2.45) is 0 Å². The topological polar surface area (TPSA) is 59.6 Å². The third-order valence-corrected chi connectivity index (χ3v) is 3.99. The van der Waals surface area contributed by atoms with Crippen LogP contribution in [-0.4, -0.2) is 26.3 Å². The monoisotopic (exact) mass is 342 g/mol. The molecule has 0 unspecified atom stereocenters. The molecule has 0 aliphatic carbocycles. The zero-order chi connectivity index (χ0) is 18.3. The lowest BCUT2D eigenvalue weighted by atomic mass is 9.84. The molecule has 0 atom stereocenters. The number of hydrogen-bond donors (Lipinski definition) is 2. The molecule has 2 N–H and O–H groups in total. The van der Waals surface area contributed by atoms with Crippen LogP contribution < -0.4 is 20.1 Å². The minimum absolute atomic E-state index is 0.192. The van der Waals surface area contributed by atoms with E-state index in [1.807, 2.05) is 55.5 Å². The Balaban J connectivity index is 1.89. The van der Waals surface area contributed by atoms with E-state index in [9.17, 15) is 4.79 Å². The number of ether oxygens (including phenoxy) is 2. The van der Waals surface area contributed by atoms with E-state index in [2.05, 4.69) is 24.5 Å². The average molecular weight is 342 g/mol. The van der Waals surface area contributed by atoms with Crippen molar-refractivity contribution in [1.82, 2.24) is 5.32 Å². The van der Waals surface area contributed by atoms with Gasteiger partial charge in [-0.15, -0.1) is 0 Å². The number of benzene rings is 2. The molecule has 5 nitrogen and oxygen atoms in total. The fourth-order valence-corrected chi connectivity index (χ4v) is 2.42. The first-order valence-electron chi connectivity index (χ1n) is 8.37. The number of rotatable bonds is 7. The van der Waals surface area contributed by atoms with Crippen molar-refractivity contribution >= 4 is 11.7 Å². The fraction of sp³-hybridized carbons (Fsp3) is 0.350. The summed E-state index contributed by atoms with van der Waals surface area (Å²) < 4.78 is 10.6. The lowest BCUT2D eigenvalue weighted by molar-refractivity contribution is 0.249. The molecule has 0 spiro atoms. The van der Waals surface area contributed by atoms with Gasteiger partial charge in [0.25, 0.3) is 0 Å². The van der Waals surface area contributed by atoms with Crippen LogP contribution in [-0.2, 0) is 5.41 Å². The van der Waals surface area contributed by atoms with E-state index in [0.717, 1.165) is 22.7 Å². The predicted octanol–water partition coefficient (Wildman–Crippen LogP) is 4.19. The summed E-state index contributed by atoms with van der Waals surface area (Å²) in [5, 5.41) is 5.75. The Morgan fingerprint density at radius 3 is 2.16 bits per heavy atom. The molecule has 0 heterocycles. The van der Waals surface area contributed by atoms with Gasteiger partial charge >= 0.3 is 6.03 Å². The normalized spacial score (nSPS) is 10.9. The Kier molecular flexibility index (Phi) is 6.28. The molecule has 0 saturated carbocycles. The van der Waals surface area contributed by atoms with Gasteiger partial charge in [-0.25, -0.2) is 4.79 Å². The van der Waals surface area contributed by atoms with Crippen LogP contribution in [0.1, 0.15) is 26.3 Å². The van der Waals surface area contributed by atoms with Crippen molar-refractivity contribution in [3.8, 4) is 11.5 Å². The molecular weight excluding hydrogens is 316 g/mol. The van der Waals surface area contributed by atoms with Crippen molar-refractivity contribution in [1.29, 1.82) is 0 Å². The van der Waals surface area contributed by atoms with Crippen LogP contribution in [0.15, 0.2) is 48.5 Å². The van der Waals surface area contributed by atoms with Crippen molar-refractivity contribution in [3.05, 3.63) is 54.1 Å². The summed E-state index contributed by atoms with van der Waals surface area (Å²) in [6.07, 6.45) is 0. The van der Waals surface area contributed by atoms with E-state index in [1.165, 1.54) is 0 Å². The SMILES string of the molecule is CCOc1ccc(NC(=O)NCC(C)(C)c2ccc(OC)cc2)cc1. The zero-order valence-electron chi connectivity index (χ0n) is 15.3. The molecule has 0 radical (unpaired) electrons. The molecule has 0 aliphatic rings. The largest absolute Gasteiger partial charge is 0.497 e. The first-order valence-corrected chi connectivity index (χ1v) is 8.37. The maximum Gasteiger partial charge on any atom is 0.319 e. The Morgan fingerprint density at radius 1 is 1.00 bits per heavy atom. The zero-order valence-corrected chi connectivity index (χ0v) is 15.3. The van der Waals surface area contributed by atoms with E-state index >= 15 is 0 Å². The highest BCUT2D eigenvalue weighted by Crippen LogP contribution is 2.24. The maximum atomic E-state index is 12.1. The Labute approximate surface area is 149 Å². The van der Waals surface area contributed by atoms with Gasteiger partial charge in [-0.05, 0) is 48.9 Å². The highest BCUT2D eigenvalue weighted by atomic mass is 16.5. The standard InChI is InChI=1S/C20H26N2O3/c1-5-25-18-12-8-16(9-13-18)22-19(23)21-14-20(2,3)15-6-10-17(24-4)11-7-15/h6-13H,5,14H2,1-4H3,(H2,21,22,23). The Morgan fingerprint density at radius 2 is 1.60 bits per heavy atom. The van der Waals surface area contributed by atoms with Crippen LogP contribution in [0, 0.1) is 0 Å². The molecule has 2 aromatic rings. The summed E-state index contributed by atoms with van der Waals surface area (Å²) in [5.74, 6) is 1.61. The van der Waals surface area contributed by atoms with Crippen molar-refractivity contribution in [2.45, 2.75) is 26.2 Å². The number of urea groups is 1. The third kappa shape index (κ3) is 5.41. The smallest absolute Gasteiger partial charge is 0.319 e. The van der Waals surface area contributed by atoms with Crippen molar-refractivity contribution in [3.63, 3.8) is 0 Å². The van der Waals surface area contributed by atoms with Gasteiger partial charge in [0.1, 0.15) is 11.5 Å². The molecule has 2 aromatic carbocycles. The number of carbonyl (C=O) groups is 1. The van der Waals surface area contributed by atoms with Crippen LogP contribution >= 0.6 is 0 Å². The summed E-state index contributed by atoms with van der Waals surface area (Å²) in [6.45, 7) is 7.25. The quantitative estimate of drug-likeness (QED) is 0.793. The molecule has 2 amide bonds. The summed E-state index contributed by atoms with van der Waals surface area (Å²) in [7, 11) is 1.65. The van der Waals surface area contributed by atoms with Gasteiger partial charge in [-0.3, -0.25) is 0 Å². The van der Waals surface area contributed by atoms with E-state index < -0.39 is 0 Å². The minimum atomic E-state index is -0.231. The molecule has 0 saturated heterocycles. The molecule has 0 fully saturated rings. The van der Waals surface area contributed by atoms with Crippen LogP contribution in [0.25, 0.3) is 0 Å². The summed E-state index contributed by atoms with van der Waals surface area (Å²) in [4.78, 5) is 12.1. The van der Waals surface area contributed by atoms with Gasteiger partial charge < -0.3 is 20.1 Å². The molecule has 25 heavy (non-hydrogen) atoms. The number of amides is 2. The number of methoxy groups -OCH3 is 1. The van der Waals surface area contributed by atoms with Gasteiger partial charge in [0.05, 0.1) is 13.7 Å². The van der Waals surface area contributed by atoms with E-state index in [-0.39, 0.29) is 11.4 Å². The van der Waals surface area contributed by atoms with Crippen LogP contribution in [0.4, 0.5) is 10.5 Å². The lowest BCUT2D eigenvalue weighted by Crippen LogP contribution is -2.38. The predicted molar refractivity (Wildman–Crippen MR) is 101 cm³/mol. The third-order valence-electron chi connectivity index (χ3n) is 3.99. The molecular formula is C20H26N2O3. The minimum Gasteiger partial charge on any atom is -0.497 e. The Bertz CT molecular complexity index is 679. The van der Waals surface area contributed by atoms with Gasteiger partial charge in [0, 0.05) is 17.6 Å². The molecule has 0 aliphatic heterocycles. The van der Waals surface area contributed by atoms with Gasteiger partial charge in [0.15, 0.2) is 0 Å². The van der Waals surface area contributed by atoms with E-state index in [1.54, 1.807) is 7.11 Å². The van der Waals surface area contributed by atoms with Crippen molar-refractivity contribution < 1.29 is 14.3 Å². The summed E-state index contributed by atoms with van der Waals surface area (Å²) >= 11 is 0. The maximum absolute atomic E-state index is 12.1. The van der Waals surface area contributed by atoms with Crippen LogP contribution in [0.2, 0.25) is 0 Å². The van der Waals surface area contributed by atoms with Gasteiger partial charge in [-0.1, -0.05) is 26.0 Å². The van der Waals surface area contributed by atoms with E-state index in [0.29, 0.717) is 13.2 Å². The molecule has 5 heteroatoms. The van der Waals surface area contributed by atoms with Gasteiger partial charge in [0.2, 0.25) is 0 Å². The first-order chi connectivity index (χ1) is 11.9. The van der Waals surface area contributed by atoms with Crippen molar-refractivity contribution in [2.75, 3.05) is 25.6 Å². The van der Waals surface area contributed by atoms with Crippen LogP contribution in [0.5, 0.6) is 11.5 Å². The molecule has 0 aromatic heterocycles. The average Bonchev–Trinajstić information content (AvgIpc) is 2.62. The fourth-order valence-electron chi connectivity index (χ4n) is 2.42. The molecule has 0 bridgehead atoms. The second-order valence-corrected chi connectivity index (χ2v) is 6.38. The molecule has 134 valence electrons. The highest BCUT2D eigenvalue weighted by Gasteiger charge is 2.21. The van der Waals surface area contributed by atoms with Crippen LogP contribution in [0.3, 0.4) is 0 Å². The highest BCUT2D eigenvalue weighted by molar-refractivity contribution is 5.89. The molecule has 2 rings (SSSR count). The number of carbonyl (C=O) groups excluding carboxylic acids is 1. The number of nitrogens with one attached hydrogen (secondary N) is 2. The Hall–Kier alpha value is -2.69.